The predicted octanol–water partition coefficient (Wildman–Crippen LogP) is 4.89. The van der Waals surface area contributed by atoms with Gasteiger partial charge >= 0.3 is 0 Å². The number of hydrogen-bond acceptors (Lipinski definition) is 4. The zero-order valence-electron chi connectivity index (χ0n) is 13.3. The smallest absolute Gasteiger partial charge is 0.300 e. The average Bonchev–Trinajstić information content (AvgIpc) is 3.27. The zero-order chi connectivity index (χ0) is 16.6. The molecule has 0 radical (unpaired) electrons. The lowest BCUT2D eigenvalue weighted by atomic mass is 10.1. The fourth-order valence-corrected chi connectivity index (χ4v) is 2.90. The van der Waals surface area contributed by atoms with Crippen molar-refractivity contribution in [1.82, 2.24) is 14.4 Å². The number of nitrogens with zero attached hydrogens (tertiary/aromatic N) is 3. The fourth-order valence-electron chi connectivity index (χ4n) is 2.90. The van der Waals surface area contributed by atoms with E-state index in [0.717, 1.165) is 33.6 Å². The van der Waals surface area contributed by atoms with Gasteiger partial charge in [0, 0.05) is 24.3 Å². The Balaban J connectivity index is 1.52. The van der Waals surface area contributed by atoms with Crippen LogP contribution in [0.5, 0.6) is 0 Å². The zero-order valence-corrected chi connectivity index (χ0v) is 13.3. The standard InChI is InChI=1S/C20H14N4O/c1-2-4-16(5-3-1)22-20-23-17-12-14(6-8-18(17)25-20)15-7-9-19-21-10-11-24(19)13-15/h1-13H,(H,22,23). The van der Waals surface area contributed by atoms with E-state index in [1.54, 1.807) is 6.20 Å². The molecule has 0 amide bonds. The van der Waals surface area contributed by atoms with Crippen molar-refractivity contribution in [2.24, 2.45) is 0 Å². The van der Waals surface area contributed by atoms with E-state index in [1.165, 1.54) is 0 Å². The van der Waals surface area contributed by atoms with Gasteiger partial charge in [-0.15, -0.1) is 0 Å². The molecule has 5 heteroatoms. The van der Waals surface area contributed by atoms with E-state index in [-0.39, 0.29) is 0 Å². The summed E-state index contributed by atoms with van der Waals surface area (Å²) < 4.78 is 7.79. The molecule has 5 rings (SSSR count). The Morgan fingerprint density at radius 3 is 2.72 bits per heavy atom. The molecule has 0 aliphatic carbocycles. The molecule has 120 valence electrons. The summed E-state index contributed by atoms with van der Waals surface area (Å²) in [5, 5.41) is 3.18. The van der Waals surface area contributed by atoms with E-state index >= 15 is 0 Å². The van der Waals surface area contributed by atoms with Gasteiger partial charge in [0.05, 0.1) is 0 Å². The van der Waals surface area contributed by atoms with Gasteiger partial charge in [-0.3, -0.25) is 0 Å². The number of para-hydroxylation sites is 1. The first-order valence-electron chi connectivity index (χ1n) is 8.01. The van der Waals surface area contributed by atoms with Gasteiger partial charge in [0.15, 0.2) is 5.58 Å². The number of imidazole rings is 1. The maximum atomic E-state index is 5.78. The predicted molar refractivity (Wildman–Crippen MR) is 97.9 cm³/mol. The molecular formula is C20H14N4O. The molecule has 2 aromatic carbocycles. The van der Waals surface area contributed by atoms with Gasteiger partial charge in [0.2, 0.25) is 0 Å². The van der Waals surface area contributed by atoms with Crippen LogP contribution in [0.3, 0.4) is 0 Å². The molecule has 0 saturated carbocycles. The highest BCUT2D eigenvalue weighted by Gasteiger charge is 2.08. The van der Waals surface area contributed by atoms with Crippen LogP contribution in [0.15, 0.2) is 83.7 Å². The number of nitrogens with one attached hydrogen (secondary N) is 1. The van der Waals surface area contributed by atoms with Crippen LogP contribution >= 0.6 is 0 Å². The van der Waals surface area contributed by atoms with Crippen LogP contribution in [-0.2, 0) is 0 Å². The second kappa shape index (κ2) is 5.49. The molecule has 1 N–H and O–H groups in total. The second-order valence-electron chi connectivity index (χ2n) is 5.80. The minimum Gasteiger partial charge on any atom is -0.423 e. The van der Waals surface area contributed by atoms with E-state index in [1.807, 2.05) is 65.2 Å². The first kappa shape index (κ1) is 13.8. The van der Waals surface area contributed by atoms with Crippen molar-refractivity contribution in [1.29, 1.82) is 0 Å². The van der Waals surface area contributed by atoms with Crippen LogP contribution in [0.1, 0.15) is 0 Å². The first-order valence-corrected chi connectivity index (χ1v) is 8.01. The molecule has 0 aliphatic rings. The highest BCUT2D eigenvalue weighted by molar-refractivity contribution is 5.82. The number of benzene rings is 2. The molecule has 0 fully saturated rings. The lowest BCUT2D eigenvalue weighted by molar-refractivity contribution is 0.623. The van der Waals surface area contributed by atoms with Crippen LogP contribution in [0.4, 0.5) is 11.7 Å². The number of aromatic nitrogens is 3. The van der Waals surface area contributed by atoms with Crippen molar-refractivity contribution in [3.8, 4) is 11.1 Å². The van der Waals surface area contributed by atoms with Crippen LogP contribution < -0.4 is 5.32 Å². The molecule has 0 spiro atoms. The van der Waals surface area contributed by atoms with Gasteiger partial charge in [-0.1, -0.05) is 24.3 Å². The second-order valence-corrected chi connectivity index (χ2v) is 5.80. The quantitative estimate of drug-likeness (QED) is 0.513. The Bertz CT molecular complexity index is 1170. The van der Waals surface area contributed by atoms with Crippen molar-refractivity contribution in [3.05, 3.63) is 79.3 Å². The van der Waals surface area contributed by atoms with E-state index in [2.05, 4.69) is 27.5 Å². The van der Waals surface area contributed by atoms with Crippen molar-refractivity contribution in [2.45, 2.75) is 0 Å². The molecule has 0 aliphatic heterocycles. The lowest BCUT2D eigenvalue weighted by Gasteiger charge is -2.02. The molecule has 25 heavy (non-hydrogen) atoms. The molecule has 5 nitrogen and oxygen atoms in total. The summed E-state index contributed by atoms with van der Waals surface area (Å²) in [6.45, 7) is 0. The van der Waals surface area contributed by atoms with Gasteiger partial charge in [-0.25, -0.2) is 4.98 Å². The van der Waals surface area contributed by atoms with E-state index < -0.39 is 0 Å². The lowest BCUT2D eigenvalue weighted by Crippen LogP contribution is -1.88. The van der Waals surface area contributed by atoms with Crippen LogP contribution in [0.2, 0.25) is 0 Å². The Labute approximate surface area is 143 Å². The minimum absolute atomic E-state index is 0.489. The Morgan fingerprint density at radius 2 is 1.80 bits per heavy atom. The molecular weight excluding hydrogens is 312 g/mol. The number of rotatable bonds is 3. The van der Waals surface area contributed by atoms with Gasteiger partial charge in [-0.2, -0.15) is 4.98 Å². The van der Waals surface area contributed by atoms with Crippen molar-refractivity contribution in [3.63, 3.8) is 0 Å². The van der Waals surface area contributed by atoms with Gasteiger partial charge < -0.3 is 14.1 Å². The minimum atomic E-state index is 0.489. The third-order valence-corrected chi connectivity index (χ3v) is 4.13. The summed E-state index contributed by atoms with van der Waals surface area (Å²) in [7, 11) is 0. The fraction of sp³-hybridized carbons (Fsp3) is 0. The maximum absolute atomic E-state index is 5.78. The summed E-state index contributed by atoms with van der Waals surface area (Å²) in [5.41, 5.74) is 5.64. The highest BCUT2D eigenvalue weighted by atomic mass is 16.4. The summed E-state index contributed by atoms with van der Waals surface area (Å²) >= 11 is 0. The van der Waals surface area contributed by atoms with E-state index in [9.17, 15) is 0 Å². The van der Waals surface area contributed by atoms with Crippen LogP contribution in [-0.4, -0.2) is 14.4 Å². The SMILES string of the molecule is c1ccc(Nc2nc3cc(-c4ccc5nccn5c4)ccc3o2)cc1. The third kappa shape index (κ3) is 2.52. The molecule has 0 bridgehead atoms. The first-order chi connectivity index (χ1) is 12.3. The maximum Gasteiger partial charge on any atom is 0.300 e. The Hall–Kier alpha value is -3.60. The van der Waals surface area contributed by atoms with E-state index in [4.69, 9.17) is 4.42 Å². The number of oxazole rings is 1. The van der Waals surface area contributed by atoms with Gasteiger partial charge in [-0.05, 0) is 47.5 Å². The van der Waals surface area contributed by atoms with Crippen LogP contribution in [0, 0.1) is 0 Å². The molecule has 3 aromatic heterocycles. The Morgan fingerprint density at radius 1 is 0.920 bits per heavy atom. The number of pyridine rings is 1. The highest BCUT2D eigenvalue weighted by Crippen LogP contribution is 2.27. The number of anilines is 2. The van der Waals surface area contributed by atoms with Crippen molar-refractivity contribution in [2.75, 3.05) is 5.32 Å². The van der Waals surface area contributed by atoms with Crippen LogP contribution in [0.25, 0.3) is 27.9 Å². The number of fused-ring (bicyclic) bond motifs is 2. The summed E-state index contributed by atoms with van der Waals surface area (Å²) in [6.07, 6.45) is 5.80. The molecule has 3 heterocycles. The third-order valence-electron chi connectivity index (χ3n) is 4.13. The summed E-state index contributed by atoms with van der Waals surface area (Å²) in [6, 6.07) is 20.4. The molecule has 0 unspecified atom stereocenters. The largest absolute Gasteiger partial charge is 0.423 e. The summed E-state index contributed by atoms with van der Waals surface area (Å²) in [4.78, 5) is 8.82. The van der Waals surface area contributed by atoms with Crippen molar-refractivity contribution < 1.29 is 4.42 Å². The Kier molecular flexibility index (Phi) is 3.03. The molecule has 0 atom stereocenters. The monoisotopic (exact) mass is 326 g/mol. The molecule has 5 aromatic rings. The number of hydrogen-bond donors (Lipinski definition) is 1. The average molecular weight is 326 g/mol. The van der Waals surface area contributed by atoms with Gasteiger partial charge in [0.25, 0.3) is 6.01 Å². The topological polar surface area (TPSA) is 55.4 Å². The summed E-state index contributed by atoms with van der Waals surface area (Å²) in [5.74, 6) is 0. The normalized spacial score (nSPS) is 11.2. The molecule has 0 saturated heterocycles. The van der Waals surface area contributed by atoms with E-state index in [0.29, 0.717) is 6.01 Å². The van der Waals surface area contributed by atoms with Crippen molar-refractivity contribution >= 4 is 28.4 Å². The van der Waals surface area contributed by atoms with Gasteiger partial charge in [0.1, 0.15) is 11.2 Å².